The number of fused-ring (bicyclic) bond motifs is 2. The van der Waals surface area contributed by atoms with Crippen LogP contribution in [0, 0.1) is 29.6 Å². The lowest BCUT2D eigenvalue weighted by Crippen LogP contribution is -2.60. The Labute approximate surface area is 456 Å². The Morgan fingerprint density at radius 3 is 2.19 bits per heavy atom. The summed E-state index contributed by atoms with van der Waals surface area (Å²) in [7, 11) is 6.85. The van der Waals surface area contributed by atoms with Crippen LogP contribution in [-0.4, -0.2) is 162 Å². The molecule has 6 rings (SSSR count). The van der Waals surface area contributed by atoms with Crippen LogP contribution in [0.25, 0.3) is 0 Å². The number of aliphatic hydroxyl groups is 1. The second-order valence-corrected chi connectivity index (χ2v) is 22.4. The third kappa shape index (κ3) is 15.1. The van der Waals surface area contributed by atoms with Crippen molar-refractivity contribution in [3.05, 3.63) is 77.9 Å². The van der Waals surface area contributed by atoms with Gasteiger partial charge in [0.05, 0.1) is 42.7 Å². The van der Waals surface area contributed by atoms with Gasteiger partial charge in [-0.3, -0.25) is 38.5 Å². The molecular weight excluding hydrogens is 981 g/mol. The van der Waals surface area contributed by atoms with E-state index in [1.165, 1.54) is 24.2 Å². The van der Waals surface area contributed by atoms with Gasteiger partial charge in [0.2, 0.25) is 41.4 Å². The summed E-state index contributed by atoms with van der Waals surface area (Å²) < 4.78 is 12.2. The number of unbranched alkanes of at least 4 members (excludes halogenated alkanes) is 2. The highest BCUT2D eigenvalue weighted by Crippen LogP contribution is 2.46. The van der Waals surface area contributed by atoms with Gasteiger partial charge in [0.1, 0.15) is 18.3 Å². The van der Waals surface area contributed by atoms with Crippen LogP contribution < -0.4 is 21.3 Å². The number of rotatable bonds is 28. The first-order valence-corrected chi connectivity index (χ1v) is 28.1. The number of hydrogen-bond donors (Lipinski definition) is 5. The first-order valence-electron chi connectivity index (χ1n) is 28.1. The van der Waals surface area contributed by atoms with Crippen LogP contribution in [0.5, 0.6) is 0 Å². The molecule has 4 aliphatic rings. The number of likely N-dealkylation sites (tertiary alicyclic amines) is 2. The maximum Gasteiger partial charge on any atom is 0.248 e. The lowest BCUT2D eigenvalue weighted by molar-refractivity contribution is -0.148. The smallest absolute Gasteiger partial charge is 0.248 e. The lowest BCUT2D eigenvalue weighted by atomic mass is 9.89. The van der Waals surface area contributed by atoms with Gasteiger partial charge < -0.3 is 50.5 Å². The fraction of sp³-hybridized carbons (Fsp3) is 0.644. The zero-order valence-corrected chi connectivity index (χ0v) is 47.2. The first kappa shape index (κ1) is 60.5. The molecule has 18 heteroatoms. The average Bonchev–Trinajstić information content (AvgIpc) is 4.19. The summed E-state index contributed by atoms with van der Waals surface area (Å²) in [6.07, 6.45) is 7.23. The summed E-state index contributed by atoms with van der Waals surface area (Å²) >= 11 is 0. The zero-order valence-electron chi connectivity index (χ0n) is 47.2. The number of carbonyl (C=O) groups is 7. The number of methoxy groups -OCH3 is 2. The zero-order chi connectivity index (χ0) is 56.1. The average molecular weight is 1070 g/mol. The van der Waals surface area contributed by atoms with Crippen molar-refractivity contribution in [3.63, 3.8) is 0 Å². The highest BCUT2D eigenvalue weighted by molar-refractivity contribution is 5.98. The number of hydrogen-bond acceptors (Lipinski definition) is 11. The molecule has 1 aliphatic carbocycles. The Morgan fingerprint density at radius 1 is 0.870 bits per heavy atom. The molecule has 2 aromatic carbocycles. The second kappa shape index (κ2) is 28.3. The van der Waals surface area contributed by atoms with Crippen LogP contribution in [0.1, 0.15) is 117 Å². The van der Waals surface area contributed by atoms with Crippen molar-refractivity contribution in [1.29, 1.82) is 0 Å². The molecule has 2 aromatic rings. The topological polar surface area (TPSA) is 219 Å². The predicted octanol–water partition coefficient (Wildman–Crippen LogP) is 5.04. The molecule has 3 heterocycles. The van der Waals surface area contributed by atoms with E-state index in [0.717, 1.165) is 30.4 Å². The Bertz CT molecular complexity index is 2350. The maximum atomic E-state index is 14.6. The molecule has 3 aliphatic heterocycles. The van der Waals surface area contributed by atoms with Crippen molar-refractivity contribution < 1.29 is 48.1 Å². The number of amides is 7. The van der Waals surface area contributed by atoms with Crippen LogP contribution in [0.2, 0.25) is 0 Å². The lowest BCUT2D eigenvalue weighted by Gasteiger charge is -2.41. The van der Waals surface area contributed by atoms with E-state index in [4.69, 9.17) is 9.47 Å². The van der Waals surface area contributed by atoms with E-state index in [2.05, 4.69) is 33.1 Å². The fourth-order valence-corrected chi connectivity index (χ4v) is 12.4. The number of anilines is 1. The summed E-state index contributed by atoms with van der Waals surface area (Å²) in [6.45, 7) is 13.1. The quantitative estimate of drug-likeness (QED) is 0.0712. The van der Waals surface area contributed by atoms with Gasteiger partial charge in [-0.1, -0.05) is 96.8 Å². The Morgan fingerprint density at radius 2 is 1.58 bits per heavy atom. The standard InChI is InChI=1S/C59H88N8O10/c1-11-37(4)53(65(8)59(75)52(36(2)3)63-58(74)54-43-27-28-45(38(43)5)64(54)7)47(76-9)34-51(71)66-32-18-21-46(66)55(77-10)39(6)56(72)62-44(33-40-19-14-12-15-20-40)57(73)61-42-25-23-41(24-26-42)35-60-48(68)22-16-13-17-31-67-49(69)29-30-50(67)70/h12,14-15,19-20,23-26,29-30,36-39,43-47,49,52-55,69H,11,13,16-18,21-22,27-28,31-35H2,1-10H3,(H,60,68)(H,61,73)(H,62,72)(H,63,74)/t37-,38-,39+,43-,44-,45-,46-,47+,49?,52-,53-,54-,55+/m0/s1. The van der Waals surface area contributed by atoms with Crippen LogP contribution in [-0.2, 0) is 56.0 Å². The van der Waals surface area contributed by atoms with E-state index in [9.17, 15) is 38.7 Å². The molecule has 3 fully saturated rings. The van der Waals surface area contributed by atoms with Crippen LogP contribution in [0.15, 0.2) is 66.7 Å². The molecule has 5 N–H and O–H groups in total. The van der Waals surface area contributed by atoms with E-state index in [1.54, 1.807) is 43.0 Å². The molecule has 0 aromatic heterocycles. The molecular formula is C59H88N8O10. The molecule has 1 saturated carbocycles. The van der Waals surface area contributed by atoms with E-state index in [-0.39, 0.29) is 66.2 Å². The van der Waals surface area contributed by atoms with Crippen LogP contribution in [0.3, 0.4) is 0 Å². The monoisotopic (exact) mass is 1070 g/mol. The third-order valence-electron chi connectivity index (χ3n) is 17.1. The molecule has 2 saturated heterocycles. The Kier molecular flexibility index (Phi) is 22.2. The predicted molar refractivity (Wildman–Crippen MR) is 294 cm³/mol. The maximum absolute atomic E-state index is 14.6. The molecule has 13 atom stereocenters. The number of carbonyl (C=O) groups excluding carboxylic acids is 7. The summed E-state index contributed by atoms with van der Waals surface area (Å²) in [6, 6.07) is 14.0. The van der Waals surface area contributed by atoms with Gasteiger partial charge in [-0.2, -0.15) is 0 Å². The minimum Gasteiger partial charge on any atom is -0.379 e. The van der Waals surface area contributed by atoms with Gasteiger partial charge in [0.25, 0.3) is 0 Å². The highest BCUT2D eigenvalue weighted by atomic mass is 16.5. The second-order valence-electron chi connectivity index (χ2n) is 22.4. The summed E-state index contributed by atoms with van der Waals surface area (Å²) in [5.74, 6) is -2.00. The number of piperidine rings is 1. The number of ether oxygens (including phenoxy) is 2. The molecule has 0 radical (unpaired) electrons. The Hall–Kier alpha value is -5.69. The molecule has 77 heavy (non-hydrogen) atoms. The Balaban J connectivity index is 1.05. The van der Waals surface area contributed by atoms with Crippen LogP contribution >= 0.6 is 0 Å². The van der Waals surface area contributed by atoms with Crippen molar-refractivity contribution in [3.8, 4) is 0 Å². The van der Waals surface area contributed by atoms with Gasteiger partial charge in [-0.15, -0.1) is 0 Å². The van der Waals surface area contributed by atoms with Gasteiger partial charge >= 0.3 is 0 Å². The fourth-order valence-electron chi connectivity index (χ4n) is 12.4. The largest absolute Gasteiger partial charge is 0.379 e. The van der Waals surface area contributed by atoms with Crippen molar-refractivity contribution in [2.24, 2.45) is 29.6 Å². The first-order chi connectivity index (χ1) is 36.8. The number of benzene rings is 2. The minimum atomic E-state index is -0.964. The summed E-state index contributed by atoms with van der Waals surface area (Å²) in [5.41, 5.74) is 2.19. The highest BCUT2D eigenvalue weighted by Gasteiger charge is 2.53. The normalized spacial score (nSPS) is 23.8. The van der Waals surface area contributed by atoms with E-state index in [0.29, 0.717) is 75.8 Å². The molecule has 424 valence electrons. The molecule has 18 nitrogen and oxygen atoms in total. The van der Waals surface area contributed by atoms with E-state index < -0.39 is 60.3 Å². The third-order valence-corrected chi connectivity index (χ3v) is 17.1. The van der Waals surface area contributed by atoms with Crippen molar-refractivity contribution in [1.82, 2.24) is 35.6 Å². The summed E-state index contributed by atoms with van der Waals surface area (Å²) in [5, 5.41) is 21.9. The SMILES string of the molecule is CC[C@H](C)[C@@H]([C@@H](CC(=O)N1CCC[C@H]1[C@H](OC)[C@@H](C)C(=O)N[C@@H](Cc1ccccc1)C(=O)Nc1ccc(CNC(=O)CCCCCN2C(=O)C=CC2O)cc1)OC)N(C)C(=O)[C@@H](NC(=O)[C@@H]1[C@H]2CC[C@@H]([C@H]2C)N1C)C(C)C. The van der Waals surface area contributed by atoms with Crippen molar-refractivity contribution in [2.75, 3.05) is 46.7 Å². The molecule has 1 unspecified atom stereocenters. The van der Waals surface area contributed by atoms with Gasteiger partial charge in [0, 0.05) is 71.5 Å². The molecule has 7 amide bonds. The molecule has 2 bridgehead atoms. The van der Waals surface area contributed by atoms with Crippen LogP contribution in [0.4, 0.5) is 5.69 Å². The van der Waals surface area contributed by atoms with Gasteiger partial charge in [-0.25, -0.2) is 0 Å². The van der Waals surface area contributed by atoms with Gasteiger partial charge in [-0.05, 0) is 98.6 Å². The van der Waals surface area contributed by atoms with Crippen molar-refractivity contribution >= 4 is 47.0 Å². The van der Waals surface area contributed by atoms with Crippen molar-refractivity contribution in [2.45, 2.75) is 173 Å². The molecule has 0 spiro atoms. The van der Waals surface area contributed by atoms with E-state index >= 15 is 0 Å². The number of nitrogens with zero attached hydrogens (tertiary/aromatic N) is 4. The minimum absolute atomic E-state index is 0.0190. The van der Waals surface area contributed by atoms with E-state index in [1.807, 2.05) is 77.2 Å². The van der Waals surface area contributed by atoms with Gasteiger partial charge in [0.15, 0.2) is 0 Å². The number of likely N-dealkylation sites (N-methyl/N-ethyl adjacent to an activating group) is 2. The summed E-state index contributed by atoms with van der Waals surface area (Å²) in [4.78, 5) is 103. The number of nitrogens with one attached hydrogen (secondary N) is 4. The number of aliphatic hydroxyl groups excluding tert-OH is 1.